The van der Waals surface area contributed by atoms with E-state index < -0.39 is 21.5 Å². The number of fused-ring (bicyclic) bond motifs is 1. The van der Waals surface area contributed by atoms with Crippen LogP contribution in [0.3, 0.4) is 0 Å². The fourth-order valence-corrected chi connectivity index (χ4v) is 2.65. The third-order valence-electron chi connectivity index (χ3n) is 4.04. The number of alkyl halides is 3. The zero-order chi connectivity index (χ0) is 19.0. The van der Waals surface area contributed by atoms with Gasteiger partial charge < -0.3 is 14.6 Å². The van der Waals surface area contributed by atoms with Crippen LogP contribution in [0, 0.1) is 0 Å². The Kier molecular flexibility index (Phi) is 5.66. The number of carboxylic acid groups (broad SMARTS) is 1. The molecule has 0 saturated heterocycles. The lowest BCUT2D eigenvalue weighted by Gasteiger charge is -2.33. The second-order valence-corrected chi connectivity index (χ2v) is 8.49. The minimum absolute atomic E-state index is 0.114. The van der Waals surface area contributed by atoms with E-state index in [2.05, 4.69) is 0 Å². The average Bonchev–Trinajstić information content (AvgIpc) is 2.83. The Hall–Kier alpha value is -1.37. The minimum atomic E-state index is -1.82. The molecule has 0 radical (unpaired) electrons. The molecule has 1 aliphatic heterocycles. The van der Waals surface area contributed by atoms with Crippen LogP contribution in [0.25, 0.3) is 0 Å². The van der Waals surface area contributed by atoms with Gasteiger partial charge in [0.05, 0.1) is 19.2 Å². The molecule has 2 rings (SSSR count). The molecular weight excluding hydrogens is 393 g/mol. The van der Waals surface area contributed by atoms with Gasteiger partial charge >= 0.3 is 12.1 Å². The molecule has 9 heteroatoms. The molecule has 25 heavy (non-hydrogen) atoms. The second kappa shape index (κ2) is 7.09. The number of methoxy groups -OCH3 is 1. The van der Waals surface area contributed by atoms with Gasteiger partial charge in [-0.05, 0) is 25.5 Å². The number of aliphatic carboxylic acids is 1. The SMILES string of the molecule is COc1ccc2c(c1)N(C(=O)OC(C)(C)C(Cl)(Cl)Cl)CC2CC(=O)O. The van der Waals surface area contributed by atoms with Gasteiger partial charge in [-0.3, -0.25) is 9.69 Å². The van der Waals surface area contributed by atoms with Crippen LogP contribution in [-0.2, 0) is 9.53 Å². The number of amides is 1. The summed E-state index contributed by atoms with van der Waals surface area (Å²) in [6.07, 6.45) is -0.838. The van der Waals surface area contributed by atoms with E-state index in [0.717, 1.165) is 5.56 Å². The standard InChI is InChI=1S/C16H18Cl3NO5/c1-15(2,16(17,18)19)25-14(23)20-8-9(6-13(21)22)11-5-4-10(24-3)7-12(11)20/h4-5,7,9H,6,8H2,1-3H3,(H,21,22). The zero-order valence-corrected chi connectivity index (χ0v) is 16.2. The van der Waals surface area contributed by atoms with Crippen molar-refractivity contribution in [2.45, 2.75) is 35.6 Å². The lowest BCUT2D eigenvalue weighted by Crippen LogP contribution is -2.45. The molecule has 1 amide bonds. The van der Waals surface area contributed by atoms with Crippen molar-refractivity contribution in [2.24, 2.45) is 0 Å². The number of ether oxygens (including phenoxy) is 2. The molecule has 1 atom stereocenters. The second-order valence-electron chi connectivity index (χ2n) is 6.21. The van der Waals surface area contributed by atoms with Gasteiger partial charge in [-0.25, -0.2) is 4.79 Å². The van der Waals surface area contributed by atoms with E-state index in [-0.39, 0.29) is 18.9 Å². The van der Waals surface area contributed by atoms with E-state index in [0.29, 0.717) is 11.4 Å². The fraction of sp³-hybridized carbons (Fsp3) is 0.500. The predicted octanol–water partition coefficient (Wildman–Crippen LogP) is 4.36. The Bertz CT molecular complexity index is 687. The largest absolute Gasteiger partial charge is 0.497 e. The number of benzene rings is 1. The number of rotatable bonds is 4. The molecule has 1 unspecified atom stereocenters. The number of anilines is 1. The highest BCUT2D eigenvalue weighted by molar-refractivity contribution is 6.68. The highest BCUT2D eigenvalue weighted by atomic mass is 35.6. The number of hydrogen-bond donors (Lipinski definition) is 1. The van der Waals surface area contributed by atoms with Crippen LogP contribution in [0.15, 0.2) is 18.2 Å². The number of carboxylic acids is 1. The molecule has 1 heterocycles. The van der Waals surface area contributed by atoms with Crippen molar-refractivity contribution >= 4 is 52.6 Å². The first-order valence-electron chi connectivity index (χ1n) is 7.43. The molecule has 1 N–H and O–H groups in total. The molecule has 0 aliphatic carbocycles. The summed E-state index contributed by atoms with van der Waals surface area (Å²) in [7, 11) is 1.50. The summed E-state index contributed by atoms with van der Waals surface area (Å²) in [6.45, 7) is 3.12. The van der Waals surface area contributed by atoms with Crippen LogP contribution in [-0.4, -0.2) is 40.2 Å². The minimum Gasteiger partial charge on any atom is -0.497 e. The van der Waals surface area contributed by atoms with Crippen molar-refractivity contribution < 1.29 is 24.2 Å². The van der Waals surface area contributed by atoms with Crippen LogP contribution >= 0.6 is 34.8 Å². The van der Waals surface area contributed by atoms with Crippen LogP contribution < -0.4 is 9.64 Å². The Labute approximate surface area is 160 Å². The lowest BCUT2D eigenvalue weighted by molar-refractivity contribution is -0.137. The summed E-state index contributed by atoms with van der Waals surface area (Å²) in [4.78, 5) is 25.1. The highest BCUT2D eigenvalue weighted by Gasteiger charge is 2.46. The number of nitrogens with zero attached hydrogens (tertiary/aromatic N) is 1. The molecule has 6 nitrogen and oxygen atoms in total. The first-order chi connectivity index (χ1) is 11.5. The van der Waals surface area contributed by atoms with Crippen molar-refractivity contribution in [3.63, 3.8) is 0 Å². The van der Waals surface area contributed by atoms with E-state index in [1.54, 1.807) is 18.2 Å². The Morgan fingerprint density at radius 3 is 2.48 bits per heavy atom. The van der Waals surface area contributed by atoms with Crippen LogP contribution in [0.2, 0.25) is 0 Å². The topological polar surface area (TPSA) is 76.1 Å². The first-order valence-corrected chi connectivity index (χ1v) is 8.56. The van der Waals surface area contributed by atoms with E-state index in [4.69, 9.17) is 49.4 Å². The summed E-state index contributed by atoms with van der Waals surface area (Å²) in [5.74, 6) is -0.779. The summed E-state index contributed by atoms with van der Waals surface area (Å²) in [5, 5.41) is 9.11. The van der Waals surface area contributed by atoms with Crippen molar-refractivity contribution in [1.82, 2.24) is 0 Å². The first kappa shape index (κ1) is 19.9. The summed E-state index contributed by atoms with van der Waals surface area (Å²) >= 11 is 17.6. The maximum atomic E-state index is 12.6. The molecule has 0 saturated carbocycles. The quantitative estimate of drug-likeness (QED) is 0.746. The summed E-state index contributed by atoms with van der Waals surface area (Å²) in [6, 6.07) is 5.11. The molecule has 0 fully saturated rings. The maximum absolute atomic E-state index is 12.6. The van der Waals surface area contributed by atoms with E-state index in [1.807, 2.05) is 0 Å². The van der Waals surface area contributed by atoms with Crippen LogP contribution in [0.1, 0.15) is 31.7 Å². The molecule has 1 aliphatic rings. The number of hydrogen-bond acceptors (Lipinski definition) is 4. The molecular formula is C16H18Cl3NO5. The van der Waals surface area contributed by atoms with Crippen LogP contribution in [0.5, 0.6) is 5.75 Å². The Balaban J connectivity index is 2.33. The maximum Gasteiger partial charge on any atom is 0.414 e. The van der Waals surface area contributed by atoms with Crippen molar-refractivity contribution in [3.8, 4) is 5.75 Å². The van der Waals surface area contributed by atoms with Gasteiger partial charge in [0.2, 0.25) is 3.79 Å². The number of carbonyl (C=O) groups excluding carboxylic acids is 1. The smallest absolute Gasteiger partial charge is 0.414 e. The van der Waals surface area contributed by atoms with Gasteiger partial charge in [0.25, 0.3) is 0 Å². The number of carbonyl (C=O) groups is 2. The van der Waals surface area contributed by atoms with Crippen LogP contribution in [0.4, 0.5) is 10.5 Å². The third kappa shape index (κ3) is 4.25. The fourth-order valence-electron chi connectivity index (χ4n) is 2.54. The van der Waals surface area contributed by atoms with Crippen molar-refractivity contribution in [3.05, 3.63) is 23.8 Å². The molecule has 1 aromatic rings. The van der Waals surface area contributed by atoms with Gasteiger partial charge in [0.1, 0.15) is 5.75 Å². The molecule has 138 valence electrons. The van der Waals surface area contributed by atoms with E-state index >= 15 is 0 Å². The average molecular weight is 411 g/mol. The van der Waals surface area contributed by atoms with Gasteiger partial charge in [0, 0.05) is 18.5 Å². The number of halogens is 3. The molecule has 0 bridgehead atoms. The van der Waals surface area contributed by atoms with Gasteiger partial charge in [-0.2, -0.15) is 0 Å². The van der Waals surface area contributed by atoms with Gasteiger partial charge in [-0.1, -0.05) is 40.9 Å². The highest BCUT2D eigenvalue weighted by Crippen LogP contribution is 2.43. The van der Waals surface area contributed by atoms with E-state index in [9.17, 15) is 9.59 Å². The summed E-state index contributed by atoms with van der Waals surface area (Å²) < 4.78 is 8.73. The van der Waals surface area contributed by atoms with Gasteiger partial charge in [0.15, 0.2) is 5.60 Å². The molecule has 0 aromatic heterocycles. The van der Waals surface area contributed by atoms with Crippen molar-refractivity contribution in [1.29, 1.82) is 0 Å². The monoisotopic (exact) mass is 409 g/mol. The summed E-state index contributed by atoms with van der Waals surface area (Å²) in [5.41, 5.74) is -0.124. The lowest BCUT2D eigenvalue weighted by atomic mass is 9.98. The predicted molar refractivity (Wildman–Crippen MR) is 96.2 cm³/mol. The molecule has 0 spiro atoms. The Morgan fingerprint density at radius 2 is 1.96 bits per heavy atom. The van der Waals surface area contributed by atoms with E-state index in [1.165, 1.54) is 25.9 Å². The van der Waals surface area contributed by atoms with Crippen molar-refractivity contribution in [2.75, 3.05) is 18.6 Å². The zero-order valence-electron chi connectivity index (χ0n) is 13.9. The third-order valence-corrected chi connectivity index (χ3v) is 5.40. The Morgan fingerprint density at radius 1 is 1.32 bits per heavy atom. The molecule has 1 aromatic carbocycles. The normalized spacial score (nSPS) is 17.2. The van der Waals surface area contributed by atoms with Gasteiger partial charge in [-0.15, -0.1) is 0 Å².